The third kappa shape index (κ3) is 5.43. The Morgan fingerprint density at radius 1 is 1.21 bits per heavy atom. The summed E-state index contributed by atoms with van der Waals surface area (Å²) in [5.74, 6) is -0.794. The Morgan fingerprint density at radius 2 is 2.03 bits per heavy atom. The second kappa shape index (κ2) is 9.65. The molecule has 0 radical (unpaired) electrons. The van der Waals surface area contributed by atoms with Gasteiger partial charge in [-0.2, -0.15) is 0 Å². The van der Waals surface area contributed by atoms with Gasteiger partial charge in [0, 0.05) is 47.7 Å². The highest BCUT2D eigenvalue weighted by Crippen LogP contribution is 2.29. The van der Waals surface area contributed by atoms with Crippen molar-refractivity contribution in [1.29, 1.82) is 0 Å². The summed E-state index contributed by atoms with van der Waals surface area (Å²) in [5, 5.41) is 5.33. The van der Waals surface area contributed by atoms with E-state index in [1.807, 2.05) is 13.0 Å². The van der Waals surface area contributed by atoms with E-state index in [1.165, 1.54) is 18.4 Å². The molecule has 0 aliphatic heterocycles. The third-order valence-electron chi connectivity index (χ3n) is 5.05. The van der Waals surface area contributed by atoms with E-state index < -0.39 is 27.3 Å². The number of carbonyl (C=O) groups is 1. The fraction of sp³-hybridized carbons (Fsp3) is 0.174. The first-order valence-corrected chi connectivity index (χ1v) is 12.7. The molecule has 2 N–H and O–H groups in total. The van der Waals surface area contributed by atoms with Gasteiger partial charge < -0.3 is 14.5 Å². The van der Waals surface area contributed by atoms with E-state index in [-0.39, 0.29) is 6.42 Å². The number of aromatic nitrogens is 1. The van der Waals surface area contributed by atoms with E-state index in [2.05, 4.69) is 15.0 Å². The molecule has 0 atom stereocenters. The van der Waals surface area contributed by atoms with Crippen molar-refractivity contribution in [2.45, 2.75) is 13.3 Å². The van der Waals surface area contributed by atoms with E-state index in [4.69, 9.17) is 9.15 Å². The van der Waals surface area contributed by atoms with Crippen LogP contribution in [0, 0.1) is 6.92 Å². The molecule has 0 saturated carbocycles. The lowest BCUT2D eigenvalue weighted by atomic mass is 9.99. The number of benzene rings is 2. The van der Waals surface area contributed by atoms with Crippen LogP contribution in [0.3, 0.4) is 0 Å². The summed E-state index contributed by atoms with van der Waals surface area (Å²) < 4.78 is 38.0. The van der Waals surface area contributed by atoms with Crippen LogP contribution in [0.5, 0.6) is 10.9 Å². The summed E-state index contributed by atoms with van der Waals surface area (Å²) >= 11 is 1.35. The number of nitrogens with zero attached hydrogens (tertiary/aromatic N) is 1. The Labute approximate surface area is 199 Å². The molecule has 11 heteroatoms. The van der Waals surface area contributed by atoms with E-state index in [0.29, 0.717) is 33.3 Å². The number of ether oxygens (including phenoxy) is 1. The third-order valence-corrected chi connectivity index (χ3v) is 6.89. The van der Waals surface area contributed by atoms with E-state index in [0.717, 1.165) is 10.9 Å². The highest BCUT2D eigenvalue weighted by molar-refractivity contribution is 7.93. The predicted octanol–water partition coefficient (Wildman–Crippen LogP) is 3.43. The molecule has 1 amide bonds. The Kier molecular flexibility index (Phi) is 6.66. The van der Waals surface area contributed by atoms with Crippen LogP contribution >= 0.6 is 11.3 Å². The molecule has 4 aromatic rings. The first kappa shape index (κ1) is 23.5. The van der Waals surface area contributed by atoms with Gasteiger partial charge in [0.1, 0.15) is 17.1 Å². The molecule has 0 saturated heterocycles. The zero-order valence-electron chi connectivity index (χ0n) is 18.3. The van der Waals surface area contributed by atoms with Crippen molar-refractivity contribution in [3.05, 3.63) is 81.2 Å². The van der Waals surface area contributed by atoms with Gasteiger partial charge in [0.25, 0.3) is 5.19 Å². The maximum absolute atomic E-state index is 12.8. The fourth-order valence-electron chi connectivity index (χ4n) is 3.41. The van der Waals surface area contributed by atoms with Crippen LogP contribution in [-0.2, 0) is 21.2 Å². The molecule has 4 rings (SSSR count). The Bertz CT molecular complexity index is 1510. The van der Waals surface area contributed by atoms with Gasteiger partial charge in [-0.15, -0.1) is 0 Å². The van der Waals surface area contributed by atoms with Gasteiger partial charge in [0.15, 0.2) is 0 Å². The van der Waals surface area contributed by atoms with Crippen molar-refractivity contribution in [2.75, 3.05) is 17.5 Å². The van der Waals surface area contributed by atoms with E-state index in [9.17, 15) is 18.0 Å². The minimum absolute atomic E-state index is 0.243. The van der Waals surface area contributed by atoms with Gasteiger partial charge >= 0.3 is 5.63 Å². The topological polar surface area (TPSA) is 128 Å². The molecule has 0 aliphatic carbocycles. The number of anilines is 1. The van der Waals surface area contributed by atoms with Gasteiger partial charge in [-0.05, 0) is 42.3 Å². The number of sulfonamides is 1. The van der Waals surface area contributed by atoms with Gasteiger partial charge in [-0.25, -0.2) is 18.2 Å². The van der Waals surface area contributed by atoms with Crippen molar-refractivity contribution in [3.8, 4) is 10.9 Å². The molecule has 0 unspecified atom stereocenters. The minimum atomic E-state index is -3.86. The fourth-order valence-corrected chi connectivity index (χ4v) is 4.97. The van der Waals surface area contributed by atoms with Crippen molar-refractivity contribution in [2.24, 2.45) is 0 Å². The van der Waals surface area contributed by atoms with Crippen molar-refractivity contribution >= 4 is 43.9 Å². The zero-order valence-corrected chi connectivity index (χ0v) is 20.0. The normalized spacial score (nSPS) is 11.4. The minimum Gasteiger partial charge on any atom is -0.431 e. The lowest BCUT2D eigenvalue weighted by Crippen LogP contribution is -2.30. The molecule has 34 heavy (non-hydrogen) atoms. The average Bonchev–Trinajstić information content (AvgIpc) is 3.29. The first-order valence-electron chi connectivity index (χ1n) is 10.2. The maximum Gasteiger partial charge on any atom is 0.340 e. The number of nitrogens with one attached hydrogen (secondary N) is 2. The van der Waals surface area contributed by atoms with Gasteiger partial charge in [0.2, 0.25) is 15.9 Å². The largest absolute Gasteiger partial charge is 0.431 e. The van der Waals surface area contributed by atoms with Gasteiger partial charge in [-0.3, -0.25) is 9.52 Å². The van der Waals surface area contributed by atoms with Gasteiger partial charge in [-0.1, -0.05) is 23.5 Å². The number of carbonyl (C=O) groups excluding carboxylic acids is 1. The van der Waals surface area contributed by atoms with Crippen LogP contribution in [0.1, 0.15) is 16.7 Å². The monoisotopic (exact) mass is 499 g/mol. The molecular formula is C23H21N3O6S2. The molecule has 0 bridgehead atoms. The van der Waals surface area contributed by atoms with Crippen molar-refractivity contribution in [3.63, 3.8) is 0 Å². The SMILES string of the molecule is CNC(=O)CS(=O)(=O)Nc1cccc(Cc2c(C)c3ccc(Oc4nccs4)cc3oc2=O)c1. The highest BCUT2D eigenvalue weighted by atomic mass is 32.2. The molecule has 0 fully saturated rings. The predicted molar refractivity (Wildman–Crippen MR) is 130 cm³/mol. The lowest BCUT2D eigenvalue weighted by molar-refractivity contribution is -0.118. The quantitative estimate of drug-likeness (QED) is 0.356. The van der Waals surface area contributed by atoms with Crippen molar-refractivity contribution < 1.29 is 22.4 Å². The molecule has 2 aromatic heterocycles. The standard InChI is InChI=1S/C23H21N3O6S2/c1-14-18-7-6-17(31-23-25-8-9-33-23)12-20(18)32-22(28)19(14)11-15-4-3-5-16(10-15)26-34(29,30)13-21(27)24-2/h3-10,12,26H,11,13H2,1-2H3,(H,24,27). The molecule has 176 valence electrons. The summed E-state index contributed by atoms with van der Waals surface area (Å²) in [4.78, 5) is 28.3. The lowest BCUT2D eigenvalue weighted by Gasteiger charge is -2.11. The second-order valence-corrected chi connectivity index (χ2v) is 10.0. The summed E-state index contributed by atoms with van der Waals surface area (Å²) in [6.07, 6.45) is 1.88. The van der Waals surface area contributed by atoms with Crippen LogP contribution < -0.4 is 20.4 Å². The number of hydrogen-bond acceptors (Lipinski definition) is 8. The molecule has 2 heterocycles. The first-order chi connectivity index (χ1) is 16.2. The second-order valence-electron chi connectivity index (χ2n) is 7.46. The number of rotatable bonds is 8. The Balaban J connectivity index is 1.59. The summed E-state index contributed by atoms with van der Waals surface area (Å²) in [6.45, 7) is 1.84. The van der Waals surface area contributed by atoms with E-state index >= 15 is 0 Å². The van der Waals surface area contributed by atoms with Crippen molar-refractivity contribution in [1.82, 2.24) is 10.3 Å². The summed E-state index contributed by atoms with van der Waals surface area (Å²) in [5.41, 5.74) is 2.15. The summed E-state index contributed by atoms with van der Waals surface area (Å²) in [6, 6.07) is 11.9. The number of fused-ring (bicyclic) bond motifs is 1. The zero-order chi connectivity index (χ0) is 24.3. The molecule has 0 aliphatic rings. The number of thiazole rings is 1. The molecule has 2 aromatic carbocycles. The van der Waals surface area contributed by atoms with Crippen LogP contribution in [-0.4, -0.2) is 32.1 Å². The highest BCUT2D eigenvalue weighted by Gasteiger charge is 2.17. The van der Waals surface area contributed by atoms with Crippen LogP contribution in [0.15, 0.2) is 63.3 Å². The van der Waals surface area contributed by atoms with E-state index in [1.54, 1.807) is 48.0 Å². The molecule has 0 spiro atoms. The molecular weight excluding hydrogens is 478 g/mol. The number of aryl methyl sites for hydroxylation is 1. The molecule has 9 nitrogen and oxygen atoms in total. The number of amides is 1. The number of hydrogen-bond donors (Lipinski definition) is 2. The van der Waals surface area contributed by atoms with Gasteiger partial charge in [0.05, 0.1) is 0 Å². The van der Waals surface area contributed by atoms with Crippen LogP contribution in [0.2, 0.25) is 0 Å². The Hall–Kier alpha value is -3.70. The Morgan fingerprint density at radius 3 is 2.76 bits per heavy atom. The van der Waals surface area contributed by atoms with Crippen LogP contribution in [0.25, 0.3) is 11.0 Å². The van der Waals surface area contributed by atoms with Crippen LogP contribution in [0.4, 0.5) is 5.69 Å². The summed E-state index contributed by atoms with van der Waals surface area (Å²) in [7, 11) is -2.50. The smallest absolute Gasteiger partial charge is 0.340 e. The average molecular weight is 500 g/mol. The maximum atomic E-state index is 12.8.